The van der Waals surface area contributed by atoms with E-state index in [0.717, 1.165) is 17.0 Å². The van der Waals surface area contributed by atoms with E-state index in [1.54, 1.807) is 0 Å². The van der Waals surface area contributed by atoms with Crippen LogP contribution in [0.5, 0.6) is 0 Å². The lowest BCUT2D eigenvalue weighted by molar-refractivity contribution is 0.420. The summed E-state index contributed by atoms with van der Waals surface area (Å²) in [6.07, 6.45) is 0. The summed E-state index contributed by atoms with van der Waals surface area (Å²) in [5.41, 5.74) is 2.08. The summed E-state index contributed by atoms with van der Waals surface area (Å²) in [5, 5.41) is 4.02. The molecule has 1 aromatic carbocycles. The average Bonchev–Trinajstić information content (AvgIpc) is 2.68. The van der Waals surface area contributed by atoms with Gasteiger partial charge in [-0.25, -0.2) is 0 Å². The summed E-state index contributed by atoms with van der Waals surface area (Å²) >= 11 is 0. The van der Waals surface area contributed by atoms with Crippen LogP contribution in [0.25, 0.3) is 11.3 Å². The van der Waals surface area contributed by atoms with Crippen LogP contribution < -0.4 is 0 Å². The Balaban J connectivity index is 2.34. The topological polar surface area (TPSA) is 26.0 Å². The standard InChI is InChI=1S/C12H13NO/c1-9(2)11-8-12(14-13-11)10-6-4-3-5-7-10/h3-9H,1-2H3. The van der Waals surface area contributed by atoms with Crippen LogP contribution in [-0.4, -0.2) is 5.16 Å². The smallest absolute Gasteiger partial charge is 0.167 e. The van der Waals surface area contributed by atoms with E-state index in [2.05, 4.69) is 19.0 Å². The molecule has 0 radical (unpaired) electrons. The van der Waals surface area contributed by atoms with Gasteiger partial charge in [0.15, 0.2) is 5.76 Å². The first kappa shape index (κ1) is 9.00. The molecule has 0 unspecified atom stereocenters. The summed E-state index contributed by atoms with van der Waals surface area (Å²) < 4.78 is 5.26. The molecule has 1 heterocycles. The van der Waals surface area contributed by atoms with Crippen molar-refractivity contribution in [2.75, 3.05) is 0 Å². The van der Waals surface area contributed by atoms with E-state index in [1.807, 2.05) is 36.4 Å². The summed E-state index contributed by atoms with van der Waals surface area (Å²) in [6.45, 7) is 4.21. The SMILES string of the molecule is CC(C)c1cc(-c2ccccc2)on1. The minimum Gasteiger partial charge on any atom is -0.356 e. The molecule has 2 nitrogen and oxygen atoms in total. The maximum Gasteiger partial charge on any atom is 0.167 e. The molecule has 0 saturated carbocycles. The van der Waals surface area contributed by atoms with E-state index >= 15 is 0 Å². The van der Waals surface area contributed by atoms with Gasteiger partial charge in [0.2, 0.25) is 0 Å². The number of aromatic nitrogens is 1. The fourth-order valence-electron chi connectivity index (χ4n) is 1.30. The minimum atomic E-state index is 0.413. The third-order valence-corrected chi connectivity index (χ3v) is 2.18. The largest absolute Gasteiger partial charge is 0.356 e. The number of nitrogens with zero attached hydrogens (tertiary/aromatic N) is 1. The molecule has 0 bridgehead atoms. The third kappa shape index (κ3) is 1.69. The molecule has 0 spiro atoms. The highest BCUT2D eigenvalue weighted by Crippen LogP contribution is 2.22. The van der Waals surface area contributed by atoms with Crippen molar-refractivity contribution in [3.63, 3.8) is 0 Å². The van der Waals surface area contributed by atoms with E-state index in [1.165, 1.54) is 0 Å². The van der Waals surface area contributed by atoms with Crippen molar-refractivity contribution in [1.29, 1.82) is 0 Å². The van der Waals surface area contributed by atoms with Crippen LogP contribution >= 0.6 is 0 Å². The van der Waals surface area contributed by atoms with E-state index < -0.39 is 0 Å². The fraction of sp³-hybridized carbons (Fsp3) is 0.250. The zero-order valence-electron chi connectivity index (χ0n) is 8.40. The van der Waals surface area contributed by atoms with Crippen molar-refractivity contribution in [3.8, 4) is 11.3 Å². The molecule has 0 aliphatic heterocycles. The Morgan fingerprint density at radius 1 is 1.14 bits per heavy atom. The summed E-state index contributed by atoms with van der Waals surface area (Å²) in [5.74, 6) is 1.26. The predicted molar refractivity (Wildman–Crippen MR) is 56.0 cm³/mol. The first-order valence-electron chi connectivity index (χ1n) is 4.79. The Hall–Kier alpha value is -1.57. The van der Waals surface area contributed by atoms with Gasteiger partial charge in [-0.3, -0.25) is 0 Å². The van der Waals surface area contributed by atoms with Gasteiger partial charge in [-0.1, -0.05) is 49.3 Å². The lowest BCUT2D eigenvalue weighted by Crippen LogP contribution is -1.84. The first-order valence-corrected chi connectivity index (χ1v) is 4.79. The van der Waals surface area contributed by atoms with Crippen molar-refractivity contribution in [1.82, 2.24) is 5.16 Å². The fourth-order valence-corrected chi connectivity index (χ4v) is 1.30. The quantitative estimate of drug-likeness (QED) is 0.719. The Morgan fingerprint density at radius 3 is 2.43 bits per heavy atom. The monoisotopic (exact) mass is 187 g/mol. The van der Waals surface area contributed by atoms with Crippen LogP contribution in [0, 0.1) is 0 Å². The zero-order valence-corrected chi connectivity index (χ0v) is 8.40. The second-order valence-corrected chi connectivity index (χ2v) is 3.64. The van der Waals surface area contributed by atoms with Gasteiger partial charge in [0.05, 0.1) is 5.69 Å². The third-order valence-electron chi connectivity index (χ3n) is 2.18. The summed E-state index contributed by atoms with van der Waals surface area (Å²) in [6, 6.07) is 12.0. The van der Waals surface area contributed by atoms with Gasteiger partial charge in [-0.05, 0) is 5.92 Å². The highest BCUT2D eigenvalue weighted by molar-refractivity contribution is 5.56. The van der Waals surface area contributed by atoms with Crippen LogP contribution in [0.4, 0.5) is 0 Å². The normalized spacial score (nSPS) is 10.8. The van der Waals surface area contributed by atoms with Crippen LogP contribution in [0.3, 0.4) is 0 Å². The van der Waals surface area contributed by atoms with Gasteiger partial charge in [0.1, 0.15) is 0 Å². The van der Waals surface area contributed by atoms with Gasteiger partial charge >= 0.3 is 0 Å². The van der Waals surface area contributed by atoms with Crippen molar-refractivity contribution in [3.05, 3.63) is 42.1 Å². The van der Waals surface area contributed by atoms with Crippen LogP contribution in [-0.2, 0) is 0 Å². The number of hydrogen-bond acceptors (Lipinski definition) is 2. The molecule has 0 aliphatic rings. The van der Waals surface area contributed by atoms with Gasteiger partial charge in [-0.2, -0.15) is 0 Å². The lowest BCUT2D eigenvalue weighted by atomic mass is 10.1. The van der Waals surface area contributed by atoms with Crippen LogP contribution in [0.15, 0.2) is 40.9 Å². The first-order chi connectivity index (χ1) is 6.77. The van der Waals surface area contributed by atoms with E-state index in [-0.39, 0.29) is 0 Å². The highest BCUT2D eigenvalue weighted by Gasteiger charge is 2.08. The Bertz CT molecular complexity index is 403. The lowest BCUT2D eigenvalue weighted by Gasteiger charge is -1.94. The number of hydrogen-bond donors (Lipinski definition) is 0. The maximum absolute atomic E-state index is 5.26. The van der Waals surface area contributed by atoms with Gasteiger partial charge in [0.25, 0.3) is 0 Å². The van der Waals surface area contributed by atoms with Gasteiger partial charge in [-0.15, -0.1) is 0 Å². The number of benzene rings is 1. The average molecular weight is 187 g/mol. The minimum absolute atomic E-state index is 0.413. The molecular weight excluding hydrogens is 174 g/mol. The molecule has 0 amide bonds. The van der Waals surface area contributed by atoms with E-state index in [4.69, 9.17) is 4.52 Å². The highest BCUT2D eigenvalue weighted by atomic mass is 16.5. The Labute approximate surface area is 83.5 Å². The zero-order chi connectivity index (χ0) is 9.97. The molecule has 2 heteroatoms. The van der Waals surface area contributed by atoms with Crippen molar-refractivity contribution >= 4 is 0 Å². The molecule has 0 aliphatic carbocycles. The molecule has 2 aromatic rings. The van der Waals surface area contributed by atoms with Crippen LogP contribution in [0.1, 0.15) is 25.5 Å². The van der Waals surface area contributed by atoms with Crippen molar-refractivity contribution < 1.29 is 4.52 Å². The van der Waals surface area contributed by atoms with Crippen molar-refractivity contribution in [2.24, 2.45) is 0 Å². The molecular formula is C12H13NO. The number of rotatable bonds is 2. The molecule has 0 saturated heterocycles. The van der Waals surface area contributed by atoms with Gasteiger partial charge in [0, 0.05) is 11.6 Å². The van der Waals surface area contributed by atoms with Crippen LogP contribution in [0.2, 0.25) is 0 Å². The molecule has 0 atom stereocenters. The molecule has 0 N–H and O–H groups in total. The summed E-state index contributed by atoms with van der Waals surface area (Å²) in [7, 11) is 0. The van der Waals surface area contributed by atoms with E-state index in [0.29, 0.717) is 5.92 Å². The second-order valence-electron chi connectivity index (χ2n) is 3.64. The molecule has 72 valence electrons. The second kappa shape index (κ2) is 3.66. The maximum atomic E-state index is 5.26. The summed E-state index contributed by atoms with van der Waals surface area (Å²) in [4.78, 5) is 0. The van der Waals surface area contributed by atoms with Crippen molar-refractivity contribution in [2.45, 2.75) is 19.8 Å². The Kier molecular flexibility index (Phi) is 2.35. The molecule has 14 heavy (non-hydrogen) atoms. The molecule has 0 fully saturated rings. The predicted octanol–water partition coefficient (Wildman–Crippen LogP) is 3.47. The van der Waals surface area contributed by atoms with E-state index in [9.17, 15) is 0 Å². The molecule has 2 rings (SSSR count). The van der Waals surface area contributed by atoms with Gasteiger partial charge < -0.3 is 4.52 Å². The Morgan fingerprint density at radius 2 is 1.86 bits per heavy atom. The molecule has 1 aromatic heterocycles.